The van der Waals surface area contributed by atoms with Crippen molar-refractivity contribution in [3.05, 3.63) is 0 Å². The maximum Gasteiger partial charge on any atom is 5.00 e. The summed E-state index contributed by atoms with van der Waals surface area (Å²) >= 11 is 0. The summed E-state index contributed by atoms with van der Waals surface area (Å²) in [5.41, 5.74) is 0. The molecule has 0 heterocycles. The smallest absolute Gasteiger partial charge is 0.855 e. The molecule has 0 saturated heterocycles. The molecule has 0 aliphatic carbocycles. The summed E-state index contributed by atoms with van der Waals surface area (Å²) in [4.78, 5) is 0. The fraction of sp³-hybridized carbons (Fsp3) is 1.00. The average Bonchev–Trinajstić information content (AvgIpc) is 2.09. The van der Waals surface area contributed by atoms with Crippen molar-refractivity contribution in [2.24, 2.45) is 0 Å². The van der Waals surface area contributed by atoms with Crippen molar-refractivity contribution in [1.82, 2.24) is 0 Å². The van der Waals surface area contributed by atoms with Gasteiger partial charge in [0.1, 0.15) is 0 Å². The second-order valence-corrected chi connectivity index (χ2v) is 1.44. The normalized spacial score (nSPS) is 5.62. The summed E-state index contributed by atoms with van der Waals surface area (Å²) in [6.45, 7) is 7.85. The van der Waals surface area contributed by atoms with E-state index in [0.717, 1.165) is 0 Å². The van der Waals surface area contributed by atoms with E-state index in [4.69, 9.17) is 25.5 Å². The van der Waals surface area contributed by atoms with Gasteiger partial charge in [0.05, 0.1) is 0 Å². The third-order valence-corrected chi connectivity index (χ3v) is 0. The Morgan fingerprint density at radius 3 is 0.438 bits per heavy atom. The van der Waals surface area contributed by atoms with E-state index in [9.17, 15) is 0 Å². The summed E-state index contributed by atoms with van der Waals surface area (Å²) in [5.74, 6) is 0. The zero-order chi connectivity index (χ0) is 13.5. The molecule has 0 N–H and O–H groups in total. The first-order chi connectivity index (χ1) is 7.07. The van der Waals surface area contributed by atoms with E-state index in [1.54, 1.807) is 34.6 Å². The molecular weight excluding hydrogens is 438 g/mol. The van der Waals surface area contributed by atoms with Crippen LogP contribution in [0.4, 0.5) is 0 Å². The van der Waals surface area contributed by atoms with Gasteiger partial charge in [0.15, 0.2) is 0 Å². The van der Waals surface area contributed by atoms with Gasteiger partial charge >= 0.3 is 31.1 Å². The van der Waals surface area contributed by atoms with Gasteiger partial charge in [-0.05, 0) is 0 Å². The number of hydrogen-bond donors (Lipinski definition) is 0. The van der Waals surface area contributed by atoms with Gasteiger partial charge < -0.3 is 25.5 Å². The molecule has 5 nitrogen and oxygen atoms in total. The number of hydrogen-bond acceptors (Lipinski definition) is 5. The molecule has 0 unspecified atom stereocenters. The van der Waals surface area contributed by atoms with E-state index >= 15 is 0 Å². The van der Waals surface area contributed by atoms with E-state index in [2.05, 4.69) is 0 Å². The minimum atomic E-state index is 0. The van der Waals surface area contributed by atoms with Crippen LogP contribution in [0.1, 0.15) is 34.6 Å². The van der Waals surface area contributed by atoms with E-state index in [1.807, 2.05) is 0 Å². The van der Waals surface area contributed by atoms with Crippen molar-refractivity contribution < 1.29 is 56.6 Å². The molecule has 0 aliphatic heterocycles. The first-order valence-electron chi connectivity index (χ1n) is 4.98. The molecule has 0 spiro atoms. The van der Waals surface area contributed by atoms with Crippen LogP contribution in [0.25, 0.3) is 0 Å². The van der Waals surface area contributed by atoms with Gasteiger partial charge in [0.2, 0.25) is 0 Å². The molecule has 0 aromatic heterocycles. The molecule has 0 rings (SSSR count). The Labute approximate surface area is 124 Å². The largest absolute Gasteiger partial charge is 5.00 e. The first kappa shape index (κ1) is 36.0. The molecular formula is C10H25O5U. The maximum atomic E-state index is 8.93. The monoisotopic (exact) mass is 463 g/mol. The summed E-state index contributed by atoms with van der Waals surface area (Å²) < 4.78 is 0. The predicted molar refractivity (Wildman–Crippen MR) is 52.7 cm³/mol. The van der Waals surface area contributed by atoms with E-state index in [1.165, 1.54) is 0 Å². The molecule has 0 aliphatic rings. The van der Waals surface area contributed by atoms with Crippen LogP contribution in [0.15, 0.2) is 0 Å². The Morgan fingerprint density at radius 2 is 0.438 bits per heavy atom. The molecule has 0 aromatic rings. The van der Waals surface area contributed by atoms with Crippen molar-refractivity contribution in [3.63, 3.8) is 0 Å². The molecule has 99 valence electrons. The molecule has 0 amide bonds. The van der Waals surface area contributed by atoms with Gasteiger partial charge in [-0.1, -0.05) is 34.6 Å². The Kier molecular flexibility index (Phi) is 229. The Hall–Kier alpha value is 0.852. The van der Waals surface area contributed by atoms with Crippen LogP contribution in [-0.4, -0.2) is 33.0 Å². The third kappa shape index (κ3) is 3930. The average molecular weight is 463 g/mol. The zero-order valence-corrected chi connectivity index (χ0v) is 15.2. The summed E-state index contributed by atoms with van der Waals surface area (Å²) in [7, 11) is 0. The molecule has 0 fully saturated rings. The number of rotatable bonds is 0. The Morgan fingerprint density at radius 1 is 0.438 bits per heavy atom. The van der Waals surface area contributed by atoms with Gasteiger partial charge in [-0.3, -0.25) is 0 Å². The summed E-state index contributed by atoms with van der Waals surface area (Å²) in [6.07, 6.45) is 0. The molecule has 0 atom stereocenters. The van der Waals surface area contributed by atoms with Crippen LogP contribution in [0.5, 0.6) is 0 Å². The molecule has 16 heavy (non-hydrogen) atoms. The van der Waals surface area contributed by atoms with Gasteiger partial charge in [0, 0.05) is 0 Å². The summed E-state index contributed by atoms with van der Waals surface area (Å²) in [5, 5.41) is 44.7. The zero-order valence-electron chi connectivity index (χ0n) is 11.1. The second kappa shape index (κ2) is 102. The van der Waals surface area contributed by atoms with E-state index in [-0.39, 0.29) is 64.1 Å². The van der Waals surface area contributed by atoms with Crippen molar-refractivity contribution in [1.29, 1.82) is 0 Å². The van der Waals surface area contributed by atoms with Crippen molar-refractivity contribution in [2.75, 3.05) is 33.0 Å². The standard InChI is InChI=1S/5C2H5O.U/c5*1-2-3;/h5*2H2,1H3;/q5*-1;+5. The van der Waals surface area contributed by atoms with Gasteiger partial charge in [-0.15, -0.1) is 33.0 Å². The van der Waals surface area contributed by atoms with Crippen molar-refractivity contribution in [3.8, 4) is 0 Å². The van der Waals surface area contributed by atoms with Gasteiger partial charge in [-0.25, -0.2) is 0 Å². The fourth-order valence-corrected chi connectivity index (χ4v) is 0. The summed E-state index contributed by atoms with van der Waals surface area (Å²) in [6, 6.07) is 0. The van der Waals surface area contributed by atoms with Crippen LogP contribution in [0.2, 0.25) is 0 Å². The van der Waals surface area contributed by atoms with Crippen molar-refractivity contribution >= 4 is 0 Å². The van der Waals surface area contributed by atoms with Crippen LogP contribution >= 0.6 is 0 Å². The molecule has 0 bridgehead atoms. The third-order valence-electron chi connectivity index (χ3n) is 0. The predicted octanol–water partition coefficient (Wildman–Crippen LogP) is -3.17. The molecule has 6 heteroatoms. The minimum Gasteiger partial charge on any atom is -0.855 e. The fourth-order valence-electron chi connectivity index (χ4n) is 0. The molecule has 0 saturated carbocycles. The van der Waals surface area contributed by atoms with E-state index in [0.29, 0.717) is 0 Å². The van der Waals surface area contributed by atoms with Crippen LogP contribution in [-0.2, 0) is 0 Å². The molecule has 0 radical (unpaired) electrons. The second-order valence-electron chi connectivity index (χ2n) is 1.44. The maximum absolute atomic E-state index is 8.93. The van der Waals surface area contributed by atoms with Gasteiger partial charge in [-0.2, -0.15) is 0 Å². The van der Waals surface area contributed by atoms with E-state index < -0.39 is 0 Å². The SMILES string of the molecule is CC[O-].CC[O-].CC[O-].CC[O-].CC[O-].[U+5]. The minimum absolute atomic E-state index is 0. The Balaban J connectivity index is -0.0000000192. The van der Waals surface area contributed by atoms with Crippen molar-refractivity contribution in [2.45, 2.75) is 34.6 Å². The quantitative estimate of drug-likeness (QED) is 0.376. The van der Waals surface area contributed by atoms with Crippen LogP contribution in [0.3, 0.4) is 0 Å². The molecule has 0 aromatic carbocycles. The van der Waals surface area contributed by atoms with Crippen LogP contribution < -0.4 is 25.5 Å². The first-order valence-corrected chi connectivity index (χ1v) is 4.98. The topological polar surface area (TPSA) is 115 Å². The van der Waals surface area contributed by atoms with Crippen LogP contribution in [0, 0.1) is 31.1 Å². The van der Waals surface area contributed by atoms with Gasteiger partial charge in [0.25, 0.3) is 0 Å². The Bertz CT molecular complexity index is 30.8.